The van der Waals surface area contributed by atoms with E-state index in [0.29, 0.717) is 18.4 Å². The summed E-state index contributed by atoms with van der Waals surface area (Å²) in [5.41, 5.74) is -0.00685. The third kappa shape index (κ3) is 4.40. The van der Waals surface area contributed by atoms with Crippen LogP contribution in [0.25, 0.3) is 0 Å². The van der Waals surface area contributed by atoms with E-state index < -0.39 is 47.5 Å². The molecule has 7 rings (SSSR count). The zero-order valence-electron chi connectivity index (χ0n) is 23.6. The van der Waals surface area contributed by atoms with Crippen molar-refractivity contribution in [2.75, 3.05) is 32.2 Å². The first-order chi connectivity index (χ1) is 21.3. The third-order valence-corrected chi connectivity index (χ3v) is 9.71. The van der Waals surface area contributed by atoms with Gasteiger partial charge in [0.05, 0.1) is 12.6 Å². The molecule has 4 heterocycles. The topological polar surface area (TPSA) is 99.5 Å². The molecular weight excluding hydrogens is 596 g/mol. The van der Waals surface area contributed by atoms with Crippen LogP contribution in [0.15, 0.2) is 64.4 Å². The molecule has 4 aliphatic rings. The number of thioether (sulfide) groups is 1. The average molecular weight is 624 g/mol. The minimum atomic E-state index is -1.02. The number of aromatic nitrogens is 1. The largest absolute Gasteiger partial charge is 0.510 e. The molecular formula is C31H27F2N3O7S. The Labute approximate surface area is 254 Å². The molecule has 1 unspecified atom stereocenters. The molecule has 1 fully saturated rings. The number of rotatable bonds is 3. The standard InChI is InChI=1S/C31H27F2N3O7S/c1-40-30(39)43-17-42-28-21(37)8-12-35-27(28)29(38)34-16-36(35)26-18-6-2-3-7-23(18)44-15-19-24(26)22(14-20(32)25(19)33)41-13-5-11-31(34)9-4-10-31/h2-3,5-8,11-12,14,26H,4,9-10,13,15-17H2,1H3/b11-5+. The molecule has 44 heavy (non-hydrogen) atoms. The first kappa shape index (κ1) is 28.3. The summed E-state index contributed by atoms with van der Waals surface area (Å²) in [7, 11) is 1.13. The number of nitrogens with zero attached hydrogens (tertiary/aromatic N) is 3. The second-order valence-electron chi connectivity index (χ2n) is 10.8. The fourth-order valence-electron chi connectivity index (χ4n) is 6.36. The lowest BCUT2D eigenvalue weighted by Gasteiger charge is -2.54. The van der Waals surface area contributed by atoms with Gasteiger partial charge in [0.2, 0.25) is 18.0 Å². The van der Waals surface area contributed by atoms with E-state index in [4.69, 9.17) is 14.2 Å². The van der Waals surface area contributed by atoms with Gasteiger partial charge in [0.15, 0.2) is 17.3 Å². The van der Waals surface area contributed by atoms with Gasteiger partial charge in [0.1, 0.15) is 25.1 Å². The summed E-state index contributed by atoms with van der Waals surface area (Å²) in [6.45, 7) is -0.545. The number of fused-ring (bicyclic) bond motifs is 8. The molecule has 1 spiro atoms. The Kier molecular flexibility index (Phi) is 6.99. The van der Waals surface area contributed by atoms with Crippen molar-refractivity contribution < 1.29 is 37.3 Å². The Balaban J connectivity index is 1.50. The Hall–Kier alpha value is -4.52. The lowest BCUT2D eigenvalue weighted by Crippen LogP contribution is -2.64. The summed E-state index contributed by atoms with van der Waals surface area (Å²) in [5.74, 6) is -2.42. The van der Waals surface area contributed by atoms with Crippen LogP contribution in [-0.4, -0.2) is 54.4 Å². The zero-order valence-corrected chi connectivity index (χ0v) is 24.4. The number of hydrogen-bond acceptors (Lipinski definition) is 9. The molecule has 3 aromatic rings. The molecule has 2 aromatic carbocycles. The van der Waals surface area contributed by atoms with Crippen molar-refractivity contribution in [2.45, 2.75) is 41.5 Å². The number of ether oxygens (including phenoxy) is 4. The second-order valence-corrected chi connectivity index (χ2v) is 11.9. The Bertz CT molecular complexity index is 1770. The van der Waals surface area contributed by atoms with Gasteiger partial charge in [-0.15, -0.1) is 11.8 Å². The van der Waals surface area contributed by atoms with Crippen LogP contribution in [0, 0.1) is 11.6 Å². The Morgan fingerprint density at radius 3 is 2.77 bits per heavy atom. The molecule has 1 saturated carbocycles. The maximum absolute atomic E-state index is 15.7. The summed E-state index contributed by atoms with van der Waals surface area (Å²) < 4.78 is 53.4. The van der Waals surface area contributed by atoms with Crippen molar-refractivity contribution in [3.8, 4) is 11.5 Å². The minimum absolute atomic E-state index is 0.0543. The van der Waals surface area contributed by atoms with E-state index >= 15 is 8.78 Å². The highest BCUT2D eigenvalue weighted by molar-refractivity contribution is 7.98. The highest BCUT2D eigenvalue weighted by Crippen LogP contribution is 2.49. The lowest BCUT2D eigenvalue weighted by atomic mass is 9.74. The molecule has 1 atom stereocenters. The summed E-state index contributed by atoms with van der Waals surface area (Å²) >= 11 is 1.38. The fourth-order valence-corrected chi connectivity index (χ4v) is 7.46. The zero-order chi connectivity index (χ0) is 30.6. The monoisotopic (exact) mass is 623 g/mol. The first-order valence-electron chi connectivity index (χ1n) is 14.0. The number of hydrogen-bond donors (Lipinski definition) is 0. The van der Waals surface area contributed by atoms with Crippen molar-refractivity contribution in [1.82, 2.24) is 9.58 Å². The van der Waals surface area contributed by atoms with Gasteiger partial charge in [0.25, 0.3) is 5.91 Å². The Morgan fingerprint density at radius 1 is 1.18 bits per heavy atom. The lowest BCUT2D eigenvalue weighted by molar-refractivity contribution is 0.0109. The first-order valence-corrected chi connectivity index (χ1v) is 15.0. The molecule has 1 aromatic heterocycles. The Morgan fingerprint density at radius 2 is 2.00 bits per heavy atom. The maximum Gasteiger partial charge on any atom is 0.510 e. The van der Waals surface area contributed by atoms with E-state index in [0.717, 1.165) is 30.1 Å². The second kappa shape index (κ2) is 10.9. The van der Waals surface area contributed by atoms with E-state index in [-0.39, 0.29) is 41.8 Å². The SMILES string of the molecule is COC(=O)OCOc1c2n(ccc1=O)N1CN(C2=O)C2(/C=C/COc3cc(F)c(F)c4c3C1c1ccccc1SC4)CCC2. The quantitative estimate of drug-likeness (QED) is 0.230. The highest BCUT2D eigenvalue weighted by atomic mass is 32.2. The van der Waals surface area contributed by atoms with Crippen LogP contribution in [0.3, 0.4) is 0 Å². The van der Waals surface area contributed by atoms with Crippen molar-refractivity contribution in [3.05, 3.63) is 99.0 Å². The van der Waals surface area contributed by atoms with Gasteiger partial charge in [-0.2, -0.15) is 0 Å². The third-order valence-electron chi connectivity index (χ3n) is 8.59. The summed E-state index contributed by atoms with van der Waals surface area (Å²) in [4.78, 5) is 41.7. The van der Waals surface area contributed by atoms with Crippen LogP contribution < -0.4 is 19.9 Å². The summed E-state index contributed by atoms with van der Waals surface area (Å²) in [6.07, 6.45) is 6.36. The van der Waals surface area contributed by atoms with Crippen molar-refractivity contribution in [2.24, 2.45) is 0 Å². The number of carbonyl (C=O) groups excluding carboxylic acids is 2. The van der Waals surface area contributed by atoms with Crippen molar-refractivity contribution >= 4 is 23.8 Å². The molecule has 13 heteroatoms. The summed E-state index contributed by atoms with van der Waals surface area (Å²) in [6, 6.07) is 9.11. The number of halogens is 2. The van der Waals surface area contributed by atoms with Crippen LogP contribution in [0.5, 0.6) is 11.5 Å². The van der Waals surface area contributed by atoms with Crippen LogP contribution in [0.4, 0.5) is 13.6 Å². The fraction of sp³-hybridized carbons (Fsp3) is 0.323. The molecule has 1 aliphatic carbocycles. The molecule has 0 radical (unpaired) electrons. The van der Waals surface area contributed by atoms with E-state index in [1.165, 1.54) is 28.7 Å². The van der Waals surface area contributed by atoms with Crippen LogP contribution in [0.1, 0.15) is 52.5 Å². The van der Waals surface area contributed by atoms with Gasteiger partial charge in [-0.3, -0.25) is 19.3 Å². The average Bonchev–Trinajstić information content (AvgIpc) is 3.18. The molecule has 0 saturated heterocycles. The molecule has 0 N–H and O–H groups in total. The van der Waals surface area contributed by atoms with Gasteiger partial charge >= 0.3 is 6.16 Å². The van der Waals surface area contributed by atoms with Crippen molar-refractivity contribution in [1.29, 1.82) is 0 Å². The molecule has 1 amide bonds. The van der Waals surface area contributed by atoms with Crippen LogP contribution in [-0.2, 0) is 15.2 Å². The van der Waals surface area contributed by atoms with Gasteiger partial charge in [-0.1, -0.05) is 24.3 Å². The molecule has 2 bridgehead atoms. The maximum atomic E-state index is 15.7. The molecule has 228 valence electrons. The van der Waals surface area contributed by atoms with Gasteiger partial charge in [-0.05, 0) is 37.0 Å². The van der Waals surface area contributed by atoms with Gasteiger partial charge in [0, 0.05) is 40.1 Å². The number of pyridine rings is 1. The normalized spacial score (nSPS) is 20.1. The predicted octanol–water partition coefficient (Wildman–Crippen LogP) is 4.86. The van der Waals surface area contributed by atoms with Gasteiger partial charge in [-0.25, -0.2) is 13.6 Å². The van der Waals surface area contributed by atoms with Crippen LogP contribution in [0.2, 0.25) is 0 Å². The van der Waals surface area contributed by atoms with Crippen LogP contribution >= 0.6 is 11.8 Å². The van der Waals surface area contributed by atoms with Crippen molar-refractivity contribution in [3.63, 3.8) is 0 Å². The number of methoxy groups -OCH3 is 1. The summed E-state index contributed by atoms with van der Waals surface area (Å²) in [5, 5.41) is 1.84. The highest BCUT2D eigenvalue weighted by Gasteiger charge is 2.50. The smallest absolute Gasteiger partial charge is 0.489 e. The minimum Gasteiger partial charge on any atom is -0.489 e. The molecule has 10 nitrogen and oxygen atoms in total. The molecule has 3 aliphatic heterocycles. The number of benzene rings is 2. The van der Waals surface area contributed by atoms with E-state index in [1.807, 2.05) is 35.4 Å². The van der Waals surface area contributed by atoms with E-state index in [2.05, 4.69) is 4.74 Å². The number of carbonyl (C=O) groups is 2. The number of amides is 1. The van der Waals surface area contributed by atoms with Gasteiger partial charge < -0.3 is 23.8 Å². The van der Waals surface area contributed by atoms with E-state index in [9.17, 15) is 14.4 Å². The predicted molar refractivity (Wildman–Crippen MR) is 154 cm³/mol. The van der Waals surface area contributed by atoms with E-state index in [1.54, 1.807) is 11.0 Å².